The zero-order chi connectivity index (χ0) is 17.3. The maximum atomic E-state index is 12.1. The van der Waals surface area contributed by atoms with Gasteiger partial charge in [-0.15, -0.1) is 0 Å². The van der Waals surface area contributed by atoms with Gasteiger partial charge in [0.15, 0.2) is 0 Å². The summed E-state index contributed by atoms with van der Waals surface area (Å²) in [5.74, 6) is -0.607. The van der Waals surface area contributed by atoms with Crippen LogP contribution in [0.25, 0.3) is 22.3 Å². The first-order chi connectivity index (χ1) is 11.4. The highest BCUT2D eigenvalue weighted by molar-refractivity contribution is 7.89. The number of fused-ring (bicyclic) bond motifs is 1. The van der Waals surface area contributed by atoms with E-state index in [0.717, 1.165) is 16.5 Å². The number of aliphatic carboxylic acids is 1. The SMILES string of the molecule is C[C@H](NS(=O)(=O)c1ccc(-c2cc3ccccc3o2)cc1)C(=O)O. The lowest BCUT2D eigenvalue weighted by Gasteiger charge is -2.10. The molecule has 0 aliphatic carbocycles. The number of hydrogen-bond acceptors (Lipinski definition) is 4. The van der Waals surface area contributed by atoms with E-state index in [2.05, 4.69) is 4.72 Å². The Morgan fingerprint density at radius 3 is 2.42 bits per heavy atom. The van der Waals surface area contributed by atoms with Crippen molar-refractivity contribution in [3.63, 3.8) is 0 Å². The number of hydrogen-bond donors (Lipinski definition) is 2. The third-order valence-electron chi connectivity index (χ3n) is 3.58. The smallest absolute Gasteiger partial charge is 0.321 e. The highest BCUT2D eigenvalue weighted by Gasteiger charge is 2.21. The number of benzene rings is 2. The summed E-state index contributed by atoms with van der Waals surface area (Å²) in [7, 11) is -3.89. The third-order valence-corrected chi connectivity index (χ3v) is 5.13. The fourth-order valence-electron chi connectivity index (χ4n) is 2.27. The molecule has 0 bridgehead atoms. The first-order valence-electron chi connectivity index (χ1n) is 7.21. The molecule has 0 spiro atoms. The molecule has 0 amide bonds. The fourth-order valence-corrected chi connectivity index (χ4v) is 3.47. The monoisotopic (exact) mass is 345 g/mol. The van der Waals surface area contributed by atoms with E-state index < -0.39 is 22.0 Å². The summed E-state index contributed by atoms with van der Waals surface area (Å²) in [6.45, 7) is 1.27. The molecule has 3 aromatic rings. The van der Waals surface area contributed by atoms with Crippen LogP contribution >= 0.6 is 0 Å². The van der Waals surface area contributed by atoms with Crippen LogP contribution in [-0.4, -0.2) is 25.5 Å². The minimum absolute atomic E-state index is 0.00420. The molecule has 7 heteroatoms. The van der Waals surface area contributed by atoms with Gasteiger partial charge in [-0.2, -0.15) is 4.72 Å². The quantitative estimate of drug-likeness (QED) is 0.741. The summed E-state index contributed by atoms with van der Waals surface area (Å²) in [6.07, 6.45) is 0. The van der Waals surface area contributed by atoms with Gasteiger partial charge in [0.25, 0.3) is 0 Å². The summed E-state index contributed by atoms with van der Waals surface area (Å²) in [4.78, 5) is 10.8. The molecule has 0 aliphatic heterocycles. The Labute approximate surface area is 138 Å². The van der Waals surface area contributed by atoms with Crippen molar-refractivity contribution in [1.29, 1.82) is 0 Å². The van der Waals surface area contributed by atoms with Crippen LogP contribution in [0.15, 0.2) is 63.9 Å². The van der Waals surface area contributed by atoms with Gasteiger partial charge >= 0.3 is 5.97 Å². The van der Waals surface area contributed by atoms with E-state index in [1.807, 2.05) is 30.3 Å². The largest absolute Gasteiger partial charge is 0.480 e. The average molecular weight is 345 g/mol. The summed E-state index contributed by atoms with van der Waals surface area (Å²) in [5.41, 5.74) is 1.48. The number of furan rings is 1. The van der Waals surface area contributed by atoms with Crippen LogP contribution in [-0.2, 0) is 14.8 Å². The first kappa shape index (κ1) is 16.2. The van der Waals surface area contributed by atoms with Gasteiger partial charge in [-0.3, -0.25) is 4.79 Å². The summed E-state index contributed by atoms with van der Waals surface area (Å²) >= 11 is 0. The molecule has 0 unspecified atom stereocenters. The second-order valence-corrected chi connectivity index (χ2v) is 7.07. The van der Waals surface area contributed by atoms with Gasteiger partial charge in [0.05, 0.1) is 4.90 Å². The lowest BCUT2D eigenvalue weighted by molar-refractivity contribution is -0.138. The summed E-state index contributed by atoms with van der Waals surface area (Å²) < 4.78 is 32.1. The predicted octanol–water partition coefficient (Wildman–Crippen LogP) is 2.85. The number of para-hydroxylation sites is 1. The molecule has 0 radical (unpaired) electrons. The molecule has 0 fully saturated rings. The molecule has 0 saturated heterocycles. The Morgan fingerprint density at radius 1 is 1.12 bits per heavy atom. The first-order valence-corrected chi connectivity index (χ1v) is 8.69. The highest BCUT2D eigenvalue weighted by atomic mass is 32.2. The molecule has 1 aromatic heterocycles. The Bertz CT molecular complexity index is 956. The minimum atomic E-state index is -3.89. The lowest BCUT2D eigenvalue weighted by atomic mass is 10.1. The van der Waals surface area contributed by atoms with Gasteiger partial charge in [0.1, 0.15) is 17.4 Å². The molecule has 2 aromatic carbocycles. The van der Waals surface area contributed by atoms with Crippen molar-refractivity contribution in [2.45, 2.75) is 17.9 Å². The van der Waals surface area contributed by atoms with Crippen LogP contribution < -0.4 is 4.72 Å². The van der Waals surface area contributed by atoms with Gasteiger partial charge in [-0.1, -0.05) is 18.2 Å². The number of sulfonamides is 1. The Balaban J connectivity index is 1.89. The predicted molar refractivity (Wildman–Crippen MR) is 89.1 cm³/mol. The second kappa shape index (κ2) is 6.10. The molecule has 1 heterocycles. The number of carbonyl (C=O) groups is 1. The van der Waals surface area contributed by atoms with E-state index >= 15 is 0 Å². The number of carboxylic acids is 1. The van der Waals surface area contributed by atoms with Crippen molar-refractivity contribution in [1.82, 2.24) is 4.72 Å². The van der Waals surface area contributed by atoms with Crippen LogP contribution in [0.4, 0.5) is 0 Å². The zero-order valence-corrected chi connectivity index (χ0v) is 13.6. The van der Waals surface area contributed by atoms with E-state index in [0.29, 0.717) is 5.76 Å². The van der Waals surface area contributed by atoms with Crippen molar-refractivity contribution < 1.29 is 22.7 Å². The Kier molecular flexibility index (Phi) is 4.13. The van der Waals surface area contributed by atoms with Crippen LogP contribution in [0.1, 0.15) is 6.92 Å². The average Bonchev–Trinajstić information content (AvgIpc) is 2.98. The van der Waals surface area contributed by atoms with E-state index in [1.54, 1.807) is 12.1 Å². The molecule has 2 N–H and O–H groups in total. The van der Waals surface area contributed by atoms with E-state index in [1.165, 1.54) is 19.1 Å². The summed E-state index contributed by atoms with van der Waals surface area (Å²) in [5, 5.41) is 9.77. The van der Waals surface area contributed by atoms with Gasteiger partial charge in [-0.05, 0) is 43.3 Å². The van der Waals surface area contributed by atoms with Crippen LogP contribution in [0.2, 0.25) is 0 Å². The van der Waals surface area contributed by atoms with Crippen molar-refractivity contribution in [2.75, 3.05) is 0 Å². The van der Waals surface area contributed by atoms with Crippen molar-refractivity contribution in [3.8, 4) is 11.3 Å². The number of rotatable bonds is 5. The van der Waals surface area contributed by atoms with Crippen molar-refractivity contribution >= 4 is 27.0 Å². The molecule has 1 atom stereocenters. The molecular formula is C17H15NO5S. The molecule has 0 saturated carbocycles. The van der Waals surface area contributed by atoms with Gasteiger partial charge in [-0.25, -0.2) is 8.42 Å². The van der Waals surface area contributed by atoms with E-state index in [4.69, 9.17) is 9.52 Å². The molecular weight excluding hydrogens is 330 g/mol. The topological polar surface area (TPSA) is 96.6 Å². The fraction of sp³-hybridized carbons (Fsp3) is 0.118. The zero-order valence-electron chi connectivity index (χ0n) is 12.8. The van der Waals surface area contributed by atoms with Gasteiger partial charge in [0.2, 0.25) is 10.0 Å². The minimum Gasteiger partial charge on any atom is -0.480 e. The standard InChI is InChI=1S/C17H15NO5S/c1-11(17(19)20)18-24(21,22)14-8-6-12(7-9-14)16-10-13-4-2-3-5-15(13)23-16/h2-11,18H,1H3,(H,19,20)/t11-/m0/s1. The van der Waals surface area contributed by atoms with E-state index in [-0.39, 0.29) is 4.90 Å². The molecule has 124 valence electrons. The third kappa shape index (κ3) is 3.17. The van der Waals surface area contributed by atoms with Crippen LogP contribution in [0.3, 0.4) is 0 Å². The van der Waals surface area contributed by atoms with Crippen molar-refractivity contribution in [2.24, 2.45) is 0 Å². The maximum absolute atomic E-state index is 12.1. The molecule has 3 rings (SSSR count). The normalized spacial score (nSPS) is 13.0. The molecule has 24 heavy (non-hydrogen) atoms. The van der Waals surface area contributed by atoms with Crippen LogP contribution in [0, 0.1) is 0 Å². The number of carboxylic acid groups (broad SMARTS) is 1. The van der Waals surface area contributed by atoms with Gasteiger partial charge in [0, 0.05) is 10.9 Å². The molecule has 6 nitrogen and oxygen atoms in total. The highest BCUT2D eigenvalue weighted by Crippen LogP contribution is 2.28. The van der Waals surface area contributed by atoms with Gasteiger partial charge < -0.3 is 9.52 Å². The van der Waals surface area contributed by atoms with E-state index in [9.17, 15) is 13.2 Å². The number of nitrogens with one attached hydrogen (secondary N) is 1. The lowest BCUT2D eigenvalue weighted by Crippen LogP contribution is -2.38. The van der Waals surface area contributed by atoms with Crippen molar-refractivity contribution in [3.05, 3.63) is 54.6 Å². The maximum Gasteiger partial charge on any atom is 0.321 e. The summed E-state index contributed by atoms with van der Waals surface area (Å²) in [6, 6.07) is 14.3. The Morgan fingerprint density at radius 2 is 1.79 bits per heavy atom. The Hall–Kier alpha value is -2.64. The second-order valence-electron chi connectivity index (χ2n) is 5.35. The molecule has 0 aliphatic rings. The van der Waals surface area contributed by atoms with Crippen LogP contribution in [0.5, 0.6) is 0 Å².